The van der Waals surface area contributed by atoms with E-state index in [1.807, 2.05) is 6.92 Å². The second-order valence-corrected chi connectivity index (χ2v) is 6.51. The van der Waals surface area contributed by atoms with Gasteiger partial charge in [-0.05, 0) is 26.7 Å². The average molecular weight is 302 g/mol. The predicted molar refractivity (Wildman–Crippen MR) is 65.6 cm³/mol. The van der Waals surface area contributed by atoms with Gasteiger partial charge in [0.25, 0.3) is 16.0 Å². The molecule has 1 N–H and O–H groups in total. The molecule has 114 valence electrons. The minimum Gasteiger partial charge on any atom is -0.465 e. The molecule has 5 nitrogen and oxygen atoms in total. The SMILES string of the molecule is CCC(C)(C)C(=O)OCCCC(F)(F)CS(=O)(=O)O. The molecule has 0 aliphatic carbocycles. The molecular formula is C11H20F2O5S. The van der Waals surface area contributed by atoms with Crippen molar-refractivity contribution in [2.45, 2.75) is 46.0 Å². The summed E-state index contributed by atoms with van der Waals surface area (Å²) in [5, 5.41) is 0. The van der Waals surface area contributed by atoms with Gasteiger partial charge in [0.2, 0.25) is 0 Å². The Morgan fingerprint density at radius 2 is 1.84 bits per heavy atom. The van der Waals surface area contributed by atoms with Crippen LogP contribution in [0.5, 0.6) is 0 Å². The van der Waals surface area contributed by atoms with Crippen LogP contribution in [0, 0.1) is 5.41 Å². The number of hydrogen-bond donors (Lipinski definition) is 1. The lowest BCUT2D eigenvalue weighted by Crippen LogP contribution is -2.29. The standard InChI is InChI=1S/C11H20F2O5S/c1-4-10(2,3)9(14)18-7-5-6-11(12,13)8-19(15,16)17/h4-8H2,1-3H3,(H,15,16,17). The fourth-order valence-corrected chi connectivity index (χ4v) is 1.85. The lowest BCUT2D eigenvalue weighted by atomic mass is 9.91. The quantitative estimate of drug-likeness (QED) is 0.422. The molecule has 0 aliphatic heterocycles. The lowest BCUT2D eigenvalue weighted by Gasteiger charge is -2.20. The van der Waals surface area contributed by atoms with E-state index in [1.165, 1.54) is 0 Å². The van der Waals surface area contributed by atoms with E-state index < -0.39 is 39.6 Å². The van der Waals surface area contributed by atoms with Crippen LogP contribution in [0.3, 0.4) is 0 Å². The summed E-state index contributed by atoms with van der Waals surface area (Å²) in [5.41, 5.74) is -0.670. The maximum atomic E-state index is 13.1. The van der Waals surface area contributed by atoms with Crippen molar-refractivity contribution < 1.29 is 31.3 Å². The zero-order chi connectivity index (χ0) is 15.3. The molecule has 0 aliphatic rings. The van der Waals surface area contributed by atoms with Crippen LogP contribution in [0.15, 0.2) is 0 Å². The summed E-state index contributed by atoms with van der Waals surface area (Å²) in [6.45, 7) is 4.97. The molecule has 0 bridgehead atoms. The summed E-state index contributed by atoms with van der Waals surface area (Å²) < 4.78 is 60.0. The summed E-state index contributed by atoms with van der Waals surface area (Å²) >= 11 is 0. The highest BCUT2D eigenvalue weighted by Crippen LogP contribution is 2.24. The van der Waals surface area contributed by atoms with Crippen LogP contribution >= 0.6 is 0 Å². The van der Waals surface area contributed by atoms with Gasteiger partial charge in [0, 0.05) is 6.42 Å². The molecule has 0 unspecified atom stereocenters. The molecule has 0 aromatic carbocycles. The Kier molecular flexibility index (Phi) is 6.34. The van der Waals surface area contributed by atoms with Crippen LogP contribution < -0.4 is 0 Å². The van der Waals surface area contributed by atoms with Crippen molar-refractivity contribution in [2.75, 3.05) is 12.4 Å². The molecule has 19 heavy (non-hydrogen) atoms. The third-order valence-electron chi connectivity index (χ3n) is 2.75. The van der Waals surface area contributed by atoms with E-state index >= 15 is 0 Å². The van der Waals surface area contributed by atoms with Crippen molar-refractivity contribution in [3.05, 3.63) is 0 Å². The van der Waals surface area contributed by atoms with Gasteiger partial charge in [0.15, 0.2) is 0 Å². The molecule has 0 saturated heterocycles. The summed E-state index contributed by atoms with van der Waals surface area (Å²) in [6, 6.07) is 0. The van der Waals surface area contributed by atoms with Crippen molar-refractivity contribution in [3.8, 4) is 0 Å². The molecule has 0 heterocycles. The molecule has 0 aromatic heterocycles. The van der Waals surface area contributed by atoms with E-state index in [4.69, 9.17) is 9.29 Å². The van der Waals surface area contributed by atoms with E-state index in [1.54, 1.807) is 13.8 Å². The maximum absolute atomic E-state index is 13.1. The monoisotopic (exact) mass is 302 g/mol. The number of carbonyl (C=O) groups is 1. The van der Waals surface area contributed by atoms with E-state index in [0.717, 1.165) is 0 Å². The number of halogens is 2. The third-order valence-corrected chi connectivity index (χ3v) is 3.54. The first-order valence-corrected chi connectivity index (χ1v) is 7.51. The van der Waals surface area contributed by atoms with Crippen LogP contribution in [0.2, 0.25) is 0 Å². The summed E-state index contributed by atoms with van der Waals surface area (Å²) in [4.78, 5) is 11.5. The highest BCUT2D eigenvalue weighted by Gasteiger charge is 2.34. The third kappa shape index (κ3) is 8.10. The van der Waals surface area contributed by atoms with Gasteiger partial charge in [-0.3, -0.25) is 9.35 Å². The first kappa shape index (κ1) is 18.2. The van der Waals surface area contributed by atoms with Crippen LogP contribution in [0.1, 0.15) is 40.0 Å². The number of hydrogen-bond acceptors (Lipinski definition) is 4. The summed E-state index contributed by atoms with van der Waals surface area (Å²) in [7, 11) is -4.72. The first-order chi connectivity index (χ1) is 8.40. The molecule has 8 heteroatoms. The Labute approximate surface area is 112 Å². The Bertz CT molecular complexity index is 403. The summed E-state index contributed by atoms with van der Waals surface area (Å²) in [5.74, 6) is -5.62. The number of ether oxygens (including phenoxy) is 1. The van der Waals surface area contributed by atoms with E-state index in [9.17, 15) is 22.0 Å². The largest absolute Gasteiger partial charge is 0.465 e. The highest BCUT2D eigenvalue weighted by molar-refractivity contribution is 7.85. The zero-order valence-electron chi connectivity index (χ0n) is 11.3. The minimum absolute atomic E-state index is 0.173. The predicted octanol–water partition coefficient (Wildman–Crippen LogP) is 2.27. The molecule has 0 radical (unpaired) electrons. The number of esters is 1. The van der Waals surface area contributed by atoms with Crippen molar-refractivity contribution in [3.63, 3.8) is 0 Å². The van der Waals surface area contributed by atoms with Crippen molar-refractivity contribution >= 4 is 16.1 Å². The average Bonchev–Trinajstić information content (AvgIpc) is 2.20. The Balaban J connectivity index is 4.09. The molecule has 0 rings (SSSR count). The number of alkyl halides is 2. The van der Waals surface area contributed by atoms with E-state index in [0.29, 0.717) is 6.42 Å². The van der Waals surface area contributed by atoms with Crippen molar-refractivity contribution in [1.82, 2.24) is 0 Å². The molecule has 0 saturated carbocycles. The van der Waals surface area contributed by atoms with Crippen LogP contribution in [-0.4, -0.2) is 37.2 Å². The van der Waals surface area contributed by atoms with Crippen molar-refractivity contribution in [1.29, 1.82) is 0 Å². The molecule has 0 spiro atoms. The lowest BCUT2D eigenvalue weighted by molar-refractivity contribution is -0.154. The normalized spacial score (nSPS) is 13.4. The van der Waals surface area contributed by atoms with E-state index in [2.05, 4.69) is 0 Å². The highest BCUT2D eigenvalue weighted by atomic mass is 32.2. The minimum atomic E-state index is -4.72. The molecule has 0 fully saturated rings. The van der Waals surface area contributed by atoms with Crippen molar-refractivity contribution in [2.24, 2.45) is 5.41 Å². The van der Waals surface area contributed by atoms with Crippen LogP contribution in [-0.2, 0) is 19.6 Å². The van der Waals surface area contributed by atoms with Gasteiger partial charge in [-0.15, -0.1) is 0 Å². The topological polar surface area (TPSA) is 80.7 Å². The van der Waals surface area contributed by atoms with Gasteiger partial charge in [-0.1, -0.05) is 6.92 Å². The number of rotatable bonds is 8. The van der Waals surface area contributed by atoms with E-state index in [-0.39, 0.29) is 13.0 Å². The number of carbonyl (C=O) groups excluding carboxylic acids is 1. The van der Waals surface area contributed by atoms with Crippen LogP contribution in [0.25, 0.3) is 0 Å². The Morgan fingerprint density at radius 3 is 2.26 bits per heavy atom. The fourth-order valence-electron chi connectivity index (χ4n) is 1.17. The molecule has 0 amide bonds. The van der Waals surface area contributed by atoms with Gasteiger partial charge < -0.3 is 4.74 Å². The Morgan fingerprint density at radius 1 is 1.32 bits per heavy atom. The van der Waals surface area contributed by atoms with Crippen LogP contribution in [0.4, 0.5) is 8.78 Å². The molecule has 0 atom stereocenters. The molecular weight excluding hydrogens is 282 g/mol. The second-order valence-electron chi connectivity index (χ2n) is 5.06. The fraction of sp³-hybridized carbons (Fsp3) is 0.909. The van der Waals surface area contributed by atoms with Gasteiger partial charge in [0.1, 0.15) is 5.75 Å². The van der Waals surface area contributed by atoms with Gasteiger partial charge in [0.05, 0.1) is 12.0 Å². The second kappa shape index (κ2) is 6.60. The first-order valence-electron chi connectivity index (χ1n) is 5.90. The smallest absolute Gasteiger partial charge is 0.311 e. The van der Waals surface area contributed by atoms with Gasteiger partial charge in [-0.25, -0.2) is 8.78 Å². The summed E-state index contributed by atoms with van der Waals surface area (Å²) in [6.07, 6.45) is -0.384. The van der Waals surface area contributed by atoms with Gasteiger partial charge >= 0.3 is 5.97 Å². The zero-order valence-corrected chi connectivity index (χ0v) is 12.1. The maximum Gasteiger partial charge on any atom is 0.311 e. The molecule has 0 aromatic rings. The Hall–Kier alpha value is -0.760. The van der Waals surface area contributed by atoms with Gasteiger partial charge in [-0.2, -0.15) is 8.42 Å².